The fourth-order valence-electron chi connectivity index (χ4n) is 3.19. The Labute approximate surface area is 127 Å². The Bertz CT molecular complexity index is 454. The quantitative estimate of drug-likeness (QED) is 0.701. The van der Waals surface area contributed by atoms with Gasteiger partial charge < -0.3 is 9.47 Å². The highest BCUT2D eigenvalue weighted by atomic mass is 35.5. The van der Waals surface area contributed by atoms with E-state index in [2.05, 4.69) is 32.9 Å². The Kier molecular flexibility index (Phi) is 4.85. The molecule has 2 unspecified atom stereocenters. The lowest BCUT2D eigenvalue weighted by Crippen LogP contribution is -2.56. The number of halogens is 1. The molecule has 0 heterocycles. The summed E-state index contributed by atoms with van der Waals surface area (Å²) in [5.41, 5.74) is 1.37. The van der Waals surface area contributed by atoms with Gasteiger partial charge in [-0.3, -0.25) is 0 Å². The molecule has 0 bridgehead atoms. The van der Waals surface area contributed by atoms with Crippen molar-refractivity contribution in [3.8, 4) is 11.5 Å². The van der Waals surface area contributed by atoms with E-state index in [0.29, 0.717) is 0 Å². The van der Waals surface area contributed by atoms with E-state index in [9.17, 15) is 0 Å². The Morgan fingerprint density at radius 2 is 1.90 bits per heavy atom. The van der Waals surface area contributed by atoms with Crippen molar-refractivity contribution in [1.29, 1.82) is 0 Å². The molecule has 1 aliphatic rings. The van der Waals surface area contributed by atoms with Crippen LogP contribution in [0.25, 0.3) is 0 Å². The molecule has 0 saturated heterocycles. The first-order chi connectivity index (χ1) is 9.61. The molecule has 2 rings (SSSR count). The zero-order valence-corrected chi connectivity index (χ0v) is 13.7. The van der Waals surface area contributed by atoms with Gasteiger partial charge in [0.2, 0.25) is 0 Å². The highest BCUT2D eigenvalue weighted by Crippen LogP contribution is 2.52. The molecular weight excluding hydrogens is 272 g/mol. The molecule has 0 amide bonds. The smallest absolute Gasteiger partial charge is 0.161 e. The highest BCUT2D eigenvalue weighted by Gasteiger charge is 2.53. The van der Waals surface area contributed by atoms with Crippen LogP contribution in [0.2, 0.25) is 0 Å². The van der Waals surface area contributed by atoms with Gasteiger partial charge in [-0.05, 0) is 37.0 Å². The lowest BCUT2D eigenvalue weighted by atomic mass is 9.62. The van der Waals surface area contributed by atoms with Crippen molar-refractivity contribution in [2.24, 2.45) is 5.41 Å². The van der Waals surface area contributed by atoms with Crippen LogP contribution in [-0.2, 0) is 6.42 Å². The normalized spacial score (nSPS) is 24.1. The average Bonchev–Trinajstić information content (AvgIpc) is 2.48. The van der Waals surface area contributed by atoms with Gasteiger partial charge in [-0.2, -0.15) is 0 Å². The standard InChI is InChI=1S/C17H25ClO2/c1-5-12-8-9-13(14(10-12)19-4)20-16-11-15(18)17(16,6-2)7-3/h8-10,15-16H,5-7,11H2,1-4H3. The van der Waals surface area contributed by atoms with Crippen LogP contribution < -0.4 is 9.47 Å². The number of methoxy groups -OCH3 is 1. The summed E-state index contributed by atoms with van der Waals surface area (Å²) in [4.78, 5) is 0. The number of aryl methyl sites for hydroxylation is 1. The third-order valence-corrected chi connectivity index (χ3v) is 5.52. The van der Waals surface area contributed by atoms with Gasteiger partial charge in [0.1, 0.15) is 6.10 Å². The molecule has 3 heteroatoms. The van der Waals surface area contributed by atoms with Crippen LogP contribution >= 0.6 is 11.6 Å². The summed E-state index contributed by atoms with van der Waals surface area (Å²) in [5, 5.41) is 0.225. The van der Waals surface area contributed by atoms with Gasteiger partial charge in [0.05, 0.1) is 7.11 Å². The first-order valence-corrected chi connectivity index (χ1v) is 8.02. The van der Waals surface area contributed by atoms with Gasteiger partial charge in [0.15, 0.2) is 11.5 Å². The van der Waals surface area contributed by atoms with E-state index in [1.165, 1.54) is 5.56 Å². The molecular formula is C17H25ClO2. The molecule has 2 nitrogen and oxygen atoms in total. The van der Waals surface area contributed by atoms with Crippen LogP contribution in [0.15, 0.2) is 18.2 Å². The minimum absolute atomic E-state index is 0.107. The van der Waals surface area contributed by atoms with Crippen molar-refractivity contribution < 1.29 is 9.47 Å². The van der Waals surface area contributed by atoms with Crippen LogP contribution in [0, 0.1) is 5.41 Å². The molecule has 0 spiro atoms. The van der Waals surface area contributed by atoms with Crippen molar-refractivity contribution in [3.63, 3.8) is 0 Å². The summed E-state index contributed by atoms with van der Waals surface area (Å²) in [5.74, 6) is 1.66. The molecule has 1 aromatic rings. The summed E-state index contributed by atoms with van der Waals surface area (Å²) in [6.45, 7) is 6.54. The lowest BCUT2D eigenvalue weighted by Gasteiger charge is -2.52. The second-order valence-electron chi connectivity index (χ2n) is 5.59. The molecule has 0 aromatic heterocycles. The maximum absolute atomic E-state index is 6.44. The van der Waals surface area contributed by atoms with Crippen molar-refractivity contribution in [3.05, 3.63) is 23.8 Å². The van der Waals surface area contributed by atoms with Crippen molar-refractivity contribution in [2.45, 2.75) is 57.9 Å². The number of alkyl halides is 1. The Balaban J connectivity index is 2.18. The lowest BCUT2D eigenvalue weighted by molar-refractivity contribution is -0.0472. The molecule has 1 aliphatic carbocycles. The summed E-state index contributed by atoms with van der Waals surface area (Å²) in [6.07, 6.45) is 4.22. The summed E-state index contributed by atoms with van der Waals surface area (Å²) in [7, 11) is 1.69. The molecule has 1 aromatic carbocycles. The third kappa shape index (κ3) is 2.50. The van der Waals surface area contributed by atoms with Crippen LogP contribution in [0.1, 0.15) is 45.6 Å². The van der Waals surface area contributed by atoms with Crippen LogP contribution in [0.3, 0.4) is 0 Å². The first-order valence-electron chi connectivity index (χ1n) is 7.58. The maximum atomic E-state index is 6.44. The van der Waals surface area contributed by atoms with Gasteiger partial charge >= 0.3 is 0 Å². The molecule has 2 atom stereocenters. The monoisotopic (exact) mass is 296 g/mol. The van der Waals surface area contributed by atoms with Crippen molar-refractivity contribution >= 4 is 11.6 Å². The fraction of sp³-hybridized carbons (Fsp3) is 0.647. The largest absolute Gasteiger partial charge is 0.493 e. The number of rotatable bonds is 6. The Morgan fingerprint density at radius 3 is 2.40 bits per heavy atom. The maximum Gasteiger partial charge on any atom is 0.161 e. The Morgan fingerprint density at radius 1 is 1.20 bits per heavy atom. The second kappa shape index (κ2) is 6.26. The zero-order chi connectivity index (χ0) is 14.8. The second-order valence-corrected chi connectivity index (χ2v) is 6.12. The van der Waals surface area contributed by atoms with Crippen LogP contribution in [0.5, 0.6) is 11.5 Å². The SMILES string of the molecule is CCc1ccc(OC2CC(Cl)C2(CC)CC)c(OC)c1. The Hall–Kier alpha value is -0.890. The van der Waals surface area contributed by atoms with E-state index in [4.69, 9.17) is 21.1 Å². The molecule has 1 saturated carbocycles. The zero-order valence-electron chi connectivity index (χ0n) is 12.9. The van der Waals surface area contributed by atoms with E-state index in [1.54, 1.807) is 7.11 Å². The average molecular weight is 297 g/mol. The van der Waals surface area contributed by atoms with E-state index < -0.39 is 0 Å². The fourth-order valence-corrected chi connectivity index (χ4v) is 3.81. The minimum atomic E-state index is 0.107. The molecule has 20 heavy (non-hydrogen) atoms. The highest BCUT2D eigenvalue weighted by molar-refractivity contribution is 6.21. The van der Waals surface area contributed by atoms with Gasteiger partial charge in [0.25, 0.3) is 0 Å². The van der Waals surface area contributed by atoms with Gasteiger partial charge in [-0.15, -0.1) is 11.6 Å². The van der Waals surface area contributed by atoms with Gasteiger partial charge in [0, 0.05) is 17.2 Å². The van der Waals surface area contributed by atoms with Gasteiger partial charge in [-0.25, -0.2) is 0 Å². The van der Waals surface area contributed by atoms with E-state index in [0.717, 1.165) is 37.2 Å². The molecule has 112 valence electrons. The number of hydrogen-bond acceptors (Lipinski definition) is 2. The molecule has 0 radical (unpaired) electrons. The number of benzene rings is 1. The topological polar surface area (TPSA) is 18.5 Å². The molecule has 0 N–H and O–H groups in total. The van der Waals surface area contributed by atoms with Crippen molar-refractivity contribution in [1.82, 2.24) is 0 Å². The number of hydrogen-bond donors (Lipinski definition) is 0. The summed E-state index contributed by atoms with van der Waals surface area (Å²) < 4.78 is 11.7. The number of ether oxygens (including phenoxy) is 2. The van der Waals surface area contributed by atoms with Crippen LogP contribution in [0.4, 0.5) is 0 Å². The van der Waals surface area contributed by atoms with E-state index in [1.807, 2.05) is 6.07 Å². The molecule has 1 fully saturated rings. The summed E-state index contributed by atoms with van der Waals surface area (Å²) in [6, 6.07) is 6.19. The van der Waals surface area contributed by atoms with E-state index in [-0.39, 0.29) is 16.9 Å². The van der Waals surface area contributed by atoms with Crippen molar-refractivity contribution in [2.75, 3.05) is 7.11 Å². The van der Waals surface area contributed by atoms with Crippen LogP contribution in [-0.4, -0.2) is 18.6 Å². The van der Waals surface area contributed by atoms with Gasteiger partial charge in [-0.1, -0.05) is 26.8 Å². The summed E-state index contributed by atoms with van der Waals surface area (Å²) >= 11 is 6.44. The minimum Gasteiger partial charge on any atom is -0.493 e. The predicted molar refractivity (Wildman–Crippen MR) is 84.1 cm³/mol. The predicted octanol–water partition coefficient (Wildman–Crippen LogP) is 4.82. The first kappa shape index (κ1) is 15.5. The molecule has 0 aliphatic heterocycles. The van der Waals surface area contributed by atoms with E-state index >= 15 is 0 Å². The third-order valence-electron chi connectivity index (χ3n) is 4.91.